The van der Waals surface area contributed by atoms with Crippen LogP contribution in [0.1, 0.15) is 29.6 Å². The Labute approximate surface area is 124 Å². The van der Waals surface area contributed by atoms with Gasteiger partial charge in [-0.15, -0.1) is 0 Å². The van der Waals surface area contributed by atoms with Crippen LogP contribution in [0.5, 0.6) is 11.5 Å². The second-order valence-corrected chi connectivity index (χ2v) is 5.95. The van der Waals surface area contributed by atoms with Gasteiger partial charge in [-0.2, -0.15) is 0 Å². The number of rotatable bonds is 1. The van der Waals surface area contributed by atoms with Gasteiger partial charge in [0.1, 0.15) is 13.2 Å². The fourth-order valence-electron chi connectivity index (χ4n) is 3.64. The van der Waals surface area contributed by atoms with E-state index in [0.717, 1.165) is 38.1 Å². The van der Waals surface area contributed by atoms with Gasteiger partial charge >= 0.3 is 0 Å². The molecular formula is C16H20N2O3. The Balaban J connectivity index is 1.62. The molecule has 1 aromatic carbocycles. The van der Waals surface area contributed by atoms with Crippen LogP contribution in [0.15, 0.2) is 18.2 Å². The number of benzene rings is 1. The third kappa shape index (κ3) is 2.25. The molecule has 0 aromatic heterocycles. The van der Waals surface area contributed by atoms with E-state index in [-0.39, 0.29) is 5.91 Å². The van der Waals surface area contributed by atoms with Gasteiger partial charge in [0.15, 0.2) is 11.5 Å². The standard InChI is InChI=1S/C16H20N2O3/c19-16(18-12-2-3-13(18)10-17-6-5-12)11-1-4-14-15(9-11)21-8-7-20-14/h1,4,9,12-13,17H,2-3,5-8,10H2. The van der Waals surface area contributed by atoms with Crippen molar-refractivity contribution in [1.29, 1.82) is 0 Å². The molecule has 4 rings (SSSR count). The Morgan fingerprint density at radius 1 is 1.10 bits per heavy atom. The average Bonchev–Trinajstić information content (AvgIpc) is 2.79. The summed E-state index contributed by atoms with van der Waals surface area (Å²) in [5, 5.41) is 3.43. The molecule has 1 aromatic rings. The zero-order valence-electron chi connectivity index (χ0n) is 12.0. The number of nitrogens with zero attached hydrogens (tertiary/aromatic N) is 1. The molecule has 0 aliphatic carbocycles. The topological polar surface area (TPSA) is 50.8 Å². The first-order valence-corrected chi connectivity index (χ1v) is 7.76. The highest BCUT2D eigenvalue weighted by Gasteiger charge is 2.38. The summed E-state index contributed by atoms with van der Waals surface area (Å²) in [4.78, 5) is 15.0. The van der Waals surface area contributed by atoms with Crippen molar-refractivity contribution in [2.24, 2.45) is 0 Å². The zero-order chi connectivity index (χ0) is 14.2. The monoisotopic (exact) mass is 288 g/mol. The second kappa shape index (κ2) is 5.22. The van der Waals surface area contributed by atoms with Gasteiger partial charge in [0, 0.05) is 24.2 Å². The largest absolute Gasteiger partial charge is 0.486 e. The van der Waals surface area contributed by atoms with Crippen molar-refractivity contribution in [2.75, 3.05) is 26.3 Å². The Morgan fingerprint density at radius 3 is 2.81 bits per heavy atom. The van der Waals surface area contributed by atoms with Gasteiger partial charge in [-0.1, -0.05) is 0 Å². The first-order chi connectivity index (χ1) is 10.3. The average molecular weight is 288 g/mol. The number of carbonyl (C=O) groups is 1. The van der Waals surface area contributed by atoms with Gasteiger partial charge in [-0.3, -0.25) is 4.79 Å². The third-order valence-electron chi connectivity index (χ3n) is 4.68. The van der Waals surface area contributed by atoms with E-state index >= 15 is 0 Å². The summed E-state index contributed by atoms with van der Waals surface area (Å²) in [6, 6.07) is 6.24. The van der Waals surface area contributed by atoms with Gasteiger partial charge in [0.05, 0.1) is 0 Å². The van der Waals surface area contributed by atoms with E-state index < -0.39 is 0 Å². The van der Waals surface area contributed by atoms with Gasteiger partial charge in [-0.25, -0.2) is 0 Å². The molecule has 2 fully saturated rings. The van der Waals surface area contributed by atoms with Crippen molar-refractivity contribution in [1.82, 2.24) is 10.2 Å². The molecule has 0 spiro atoms. The number of amides is 1. The summed E-state index contributed by atoms with van der Waals surface area (Å²) >= 11 is 0. The molecule has 5 heteroatoms. The van der Waals surface area contributed by atoms with Crippen LogP contribution in [0.25, 0.3) is 0 Å². The molecule has 2 saturated heterocycles. The molecule has 1 N–H and O–H groups in total. The Kier molecular flexibility index (Phi) is 3.22. The smallest absolute Gasteiger partial charge is 0.254 e. The molecule has 3 aliphatic heterocycles. The lowest BCUT2D eigenvalue weighted by molar-refractivity contribution is 0.0679. The fourth-order valence-corrected chi connectivity index (χ4v) is 3.64. The lowest BCUT2D eigenvalue weighted by Gasteiger charge is -2.28. The maximum absolute atomic E-state index is 12.9. The highest BCUT2D eigenvalue weighted by molar-refractivity contribution is 5.95. The van der Waals surface area contributed by atoms with Crippen LogP contribution >= 0.6 is 0 Å². The molecule has 112 valence electrons. The number of hydrogen-bond acceptors (Lipinski definition) is 4. The Bertz CT molecular complexity index is 546. The number of carbonyl (C=O) groups excluding carboxylic acids is 1. The minimum Gasteiger partial charge on any atom is -0.486 e. The SMILES string of the molecule is O=C(c1ccc2c(c1)OCCO2)N1C2CCNCC1CC2. The van der Waals surface area contributed by atoms with Crippen molar-refractivity contribution in [2.45, 2.75) is 31.3 Å². The molecule has 0 saturated carbocycles. The molecular weight excluding hydrogens is 268 g/mol. The Morgan fingerprint density at radius 2 is 1.90 bits per heavy atom. The maximum atomic E-state index is 12.9. The number of fused-ring (bicyclic) bond motifs is 3. The maximum Gasteiger partial charge on any atom is 0.254 e. The number of hydrogen-bond donors (Lipinski definition) is 1. The van der Waals surface area contributed by atoms with Gasteiger partial charge in [0.2, 0.25) is 0 Å². The predicted molar refractivity (Wildman–Crippen MR) is 77.9 cm³/mol. The van der Waals surface area contributed by atoms with E-state index in [1.807, 2.05) is 18.2 Å². The van der Waals surface area contributed by atoms with Gasteiger partial charge in [0.25, 0.3) is 5.91 Å². The summed E-state index contributed by atoms with van der Waals surface area (Å²) in [6.45, 7) is 3.03. The predicted octanol–water partition coefficient (Wildman–Crippen LogP) is 1.42. The lowest BCUT2D eigenvalue weighted by Crippen LogP contribution is -2.42. The summed E-state index contributed by atoms with van der Waals surface area (Å²) in [6.07, 6.45) is 3.28. The molecule has 21 heavy (non-hydrogen) atoms. The molecule has 2 bridgehead atoms. The molecule has 2 unspecified atom stereocenters. The van der Waals surface area contributed by atoms with Crippen LogP contribution in [0.2, 0.25) is 0 Å². The molecule has 2 atom stereocenters. The summed E-state index contributed by atoms with van der Waals surface area (Å²) in [5.74, 6) is 1.55. The van der Waals surface area contributed by atoms with E-state index in [4.69, 9.17) is 9.47 Å². The summed E-state index contributed by atoms with van der Waals surface area (Å²) in [7, 11) is 0. The van der Waals surface area contributed by atoms with Crippen LogP contribution in [0.4, 0.5) is 0 Å². The summed E-state index contributed by atoms with van der Waals surface area (Å²) < 4.78 is 11.1. The van der Waals surface area contributed by atoms with Gasteiger partial charge < -0.3 is 19.7 Å². The normalized spacial score (nSPS) is 27.3. The number of nitrogens with one attached hydrogen (secondary N) is 1. The van der Waals surface area contributed by atoms with Crippen molar-refractivity contribution in [3.63, 3.8) is 0 Å². The molecule has 3 heterocycles. The van der Waals surface area contributed by atoms with Crippen LogP contribution in [-0.2, 0) is 0 Å². The minimum absolute atomic E-state index is 0.128. The van der Waals surface area contributed by atoms with E-state index in [2.05, 4.69) is 10.2 Å². The van der Waals surface area contributed by atoms with Gasteiger partial charge in [-0.05, 0) is 44.0 Å². The van der Waals surface area contributed by atoms with E-state index in [9.17, 15) is 4.79 Å². The lowest BCUT2D eigenvalue weighted by atomic mass is 10.1. The highest BCUT2D eigenvalue weighted by atomic mass is 16.6. The number of ether oxygens (including phenoxy) is 2. The highest BCUT2D eigenvalue weighted by Crippen LogP contribution is 2.34. The summed E-state index contributed by atoms with van der Waals surface area (Å²) in [5.41, 5.74) is 0.707. The molecule has 1 amide bonds. The third-order valence-corrected chi connectivity index (χ3v) is 4.68. The molecule has 5 nitrogen and oxygen atoms in total. The first kappa shape index (κ1) is 13.0. The van der Waals surface area contributed by atoms with Crippen molar-refractivity contribution < 1.29 is 14.3 Å². The van der Waals surface area contributed by atoms with Crippen LogP contribution in [0, 0.1) is 0 Å². The van der Waals surface area contributed by atoms with Crippen molar-refractivity contribution >= 4 is 5.91 Å². The second-order valence-electron chi connectivity index (χ2n) is 5.95. The van der Waals surface area contributed by atoms with E-state index in [1.165, 1.54) is 0 Å². The van der Waals surface area contributed by atoms with Crippen molar-refractivity contribution in [3.8, 4) is 11.5 Å². The molecule has 3 aliphatic rings. The molecule has 0 radical (unpaired) electrons. The fraction of sp³-hybridized carbons (Fsp3) is 0.562. The van der Waals surface area contributed by atoms with Crippen molar-refractivity contribution in [3.05, 3.63) is 23.8 Å². The van der Waals surface area contributed by atoms with Crippen LogP contribution in [-0.4, -0.2) is 49.2 Å². The Hall–Kier alpha value is -1.75. The van der Waals surface area contributed by atoms with E-state index in [0.29, 0.717) is 36.6 Å². The van der Waals surface area contributed by atoms with E-state index in [1.54, 1.807) is 0 Å². The minimum atomic E-state index is 0.128. The van der Waals surface area contributed by atoms with Crippen LogP contribution in [0.3, 0.4) is 0 Å². The van der Waals surface area contributed by atoms with Crippen LogP contribution < -0.4 is 14.8 Å². The zero-order valence-corrected chi connectivity index (χ0v) is 12.0. The quantitative estimate of drug-likeness (QED) is 0.849. The first-order valence-electron chi connectivity index (χ1n) is 7.76.